The Kier molecular flexibility index (Phi) is 7.26. The Morgan fingerprint density at radius 1 is 0.646 bits per heavy atom. The third-order valence-electron chi connectivity index (χ3n) is 9.09. The molecule has 0 amide bonds. The zero-order valence-electron chi connectivity index (χ0n) is 27.1. The number of aromatic hydroxyl groups is 1. The van der Waals surface area contributed by atoms with Gasteiger partial charge < -0.3 is 14.9 Å². The number of nitrogens with zero attached hydrogens (tertiary/aromatic N) is 5. The SMILES string of the molecule is CC(C)c1cc(N(c2ccccc2)c2ccccc2)c(O)c2nc(-c3ccc4c(c3)N(c3ccccn3)c3ccccc3N4C)ccc12. The van der Waals surface area contributed by atoms with Gasteiger partial charge in [0.2, 0.25) is 0 Å². The maximum Gasteiger partial charge on any atom is 0.166 e. The van der Waals surface area contributed by atoms with Crippen LogP contribution < -0.4 is 14.7 Å². The van der Waals surface area contributed by atoms with Gasteiger partial charge in [-0.3, -0.25) is 4.90 Å². The molecule has 3 heterocycles. The molecular weight excluding hydrogens is 590 g/mol. The van der Waals surface area contributed by atoms with Crippen LogP contribution in [0.1, 0.15) is 25.3 Å². The minimum absolute atomic E-state index is 0.144. The summed E-state index contributed by atoms with van der Waals surface area (Å²) in [5.74, 6) is 1.19. The summed E-state index contributed by atoms with van der Waals surface area (Å²) < 4.78 is 0. The highest BCUT2D eigenvalue weighted by atomic mass is 16.3. The molecule has 0 aliphatic carbocycles. The molecule has 6 nitrogen and oxygen atoms in total. The summed E-state index contributed by atoms with van der Waals surface area (Å²) in [6.07, 6.45) is 1.82. The minimum Gasteiger partial charge on any atom is -0.504 e. The fraction of sp³-hybridized carbons (Fsp3) is 0.0952. The molecule has 0 unspecified atom stereocenters. The Morgan fingerprint density at radius 3 is 1.96 bits per heavy atom. The Labute approximate surface area is 280 Å². The Bertz CT molecular complexity index is 2220. The molecule has 5 aromatic carbocycles. The lowest BCUT2D eigenvalue weighted by atomic mass is 9.95. The molecule has 0 saturated carbocycles. The molecule has 2 aromatic heterocycles. The van der Waals surface area contributed by atoms with Crippen molar-refractivity contribution in [3.8, 4) is 17.0 Å². The Hall–Kier alpha value is -6.14. The van der Waals surface area contributed by atoms with E-state index in [0.29, 0.717) is 11.2 Å². The van der Waals surface area contributed by atoms with Gasteiger partial charge in [0, 0.05) is 35.6 Å². The largest absolute Gasteiger partial charge is 0.504 e. The number of benzene rings is 5. The second-order valence-electron chi connectivity index (χ2n) is 12.4. The molecule has 1 aliphatic rings. The van der Waals surface area contributed by atoms with Crippen LogP contribution in [0.4, 0.5) is 45.6 Å². The fourth-order valence-corrected chi connectivity index (χ4v) is 6.75. The predicted molar refractivity (Wildman–Crippen MR) is 198 cm³/mol. The first-order valence-electron chi connectivity index (χ1n) is 16.2. The van der Waals surface area contributed by atoms with Crippen molar-refractivity contribution in [2.24, 2.45) is 0 Å². The van der Waals surface area contributed by atoms with E-state index in [-0.39, 0.29) is 11.7 Å². The summed E-state index contributed by atoms with van der Waals surface area (Å²) in [7, 11) is 2.10. The average Bonchev–Trinajstić information content (AvgIpc) is 3.14. The number of hydrogen-bond acceptors (Lipinski definition) is 6. The molecule has 234 valence electrons. The Morgan fingerprint density at radius 2 is 1.29 bits per heavy atom. The third-order valence-corrected chi connectivity index (χ3v) is 9.09. The lowest BCUT2D eigenvalue weighted by Gasteiger charge is -2.38. The molecule has 7 aromatic rings. The van der Waals surface area contributed by atoms with Gasteiger partial charge in [0.1, 0.15) is 11.3 Å². The molecule has 0 radical (unpaired) electrons. The van der Waals surface area contributed by atoms with E-state index in [1.165, 1.54) is 0 Å². The van der Waals surface area contributed by atoms with E-state index in [0.717, 1.165) is 62.1 Å². The van der Waals surface area contributed by atoms with Crippen LogP contribution >= 0.6 is 0 Å². The molecule has 0 spiro atoms. The summed E-state index contributed by atoms with van der Waals surface area (Å²) in [5, 5.41) is 13.1. The van der Waals surface area contributed by atoms with E-state index in [4.69, 9.17) is 9.97 Å². The molecule has 1 aliphatic heterocycles. The molecule has 0 bridgehead atoms. The van der Waals surface area contributed by atoms with Crippen LogP contribution in [0.5, 0.6) is 5.75 Å². The van der Waals surface area contributed by atoms with Crippen LogP contribution in [-0.4, -0.2) is 22.1 Å². The topological polar surface area (TPSA) is 55.7 Å². The van der Waals surface area contributed by atoms with Crippen LogP contribution in [0, 0.1) is 0 Å². The highest BCUT2D eigenvalue weighted by Crippen LogP contribution is 2.51. The smallest absolute Gasteiger partial charge is 0.166 e. The van der Waals surface area contributed by atoms with Crippen molar-refractivity contribution < 1.29 is 5.11 Å². The van der Waals surface area contributed by atoms with Gasteiger partial charge in [0.05, 0.1) is 34.1 Å². The number of phenols is 1. The summed E-state index contributed by atoms with van der Waals surface area (Å²) in [5.41, 5.74) is 10.3. The average molecular weight is 626 g/mol. The van der Waals surface area contributed by atoms with Gasteiger partial charge in [-0.15, -0.1) is 0 Å². The highest BCUT2D eigenvalue weighted by Gasteiger charge is 2.29. The first-order valence-corrected chi connectivity index (χ1v) is 16.2. The zero-order chi connectivity index (χ0) is 32.8. The maximum absolute atomic E-state index is 12.1. The van der Waals surface area contributed by atoms with Crippen molar-refractivity contribution in [2.45, 2.75) is 19.8 Å². The number of fused-ring (bicyclic) bond motifs is 3. The number of anilines is 8. The first-order chi connectivity index (χ1) is 23.5. The number of para-hydroxylation sites is 4. The van der Waals surface area contributed by atoms with E-state index < -0.39 is 0 Å². The van der Waals surface area contributed by atoms with Crippen molar-refractivity contribution >= 4 is 56.5 Å². The third kappa shape index (κ3) is 4.90. The lowest BCUT2D eigenvalue weighted by molar-refractivity contribution is 0.481. The Balaban J connectivity index is 1.32. The van der Waals surface area contributed by atoms with Crippen LogP contribution in [0.2, 0.25) is 0 Å². The van der Waals surface area contributed by atoms with Gasteiger partial charge in [-0.25, -0.2) is 9.97 Å². The standard InChI is InChI=1S/C42H35N5O/c1-28(2)33-27-39(46(30-14-6-4-7-15-30)31-16-8-5-9-17-31)42(48)41-32(33)22-23-34(44-41)29-21-24-36-38(26-29)47(40-20-12-13-25-43-40)37-19-11-10-18-35(37)45(36)3/h4-28,48H,1-3H3. The second-order valence-corrected chi connectivity index (χ2v) is 12.4. The molecule has 0 saturated heterocycles. The van der Waals surface area contributed by atoms with Gasteiger partial charge >= 0.3 is 0 Å². The molecular formula is C42H35N5O. The number of phenolic OH excluding ortho intramolecular Hbond substituents is 1. The number of rotatable bonds is 6. The monoisotopic (exact) mass is 625 g/mol. The van der Waals surface area contributed by atoms with Crippen LogP contribution in [0.15, 0.2) is 146 Å². The lowest BCUT2D eigenvalue weighted by Crippen LogP contribution is -2.24. The normalized spacial score (nSPS) is 12.2. The zero-order valence-corrected chi connectivity index (χ0v) is 27.1. The van der Waals surface area contributed by atoms with Crippen molar-refractivity contribution in [3.63, 3.8) is 0 Å². The van der Waals surface area contributed by atoms with E-state index in [1.807, 2.05) is 60.8 Å². The van der Waals surface area contributed by atoms with Crippen LogP contribution in [-0.2, 0) is 0 Å². The molecule has 8 rings (SSSR count). The predicted octanol–water partition coefficient (Wildman–Crippen LogP) is 11.1. The minimum atomic E-state index is 0.144. The first kappa shape index (κ1) is 29.3. The number of pyridine rings is 2. The van der Waals surface area contributed by atoms with Crippen molar-refractivity contribution in [3.05, 3.63) is 151 Å². The summed E-state index contributed by atoms with van der Waals surface area (Å²) >= 11 is 0. The van der Waals surface area contributed by atoms with Crippen molar-refractivity contribution in [2.75, 3.05) is 21.7 Å². The van der Waals surface area contributed by atoms with Crippen LogP contribution in [0.3, 0.4) is 0 Å². The van der Waals surface area contributed by atoms with Gasteiger partial charge in [-0.1, -0.05) is 80.6 Å². The van der Waals surface area contributed by atoms with Gasteiger partial charge in [-0.2, -0.15) is 0 Å². The van der Waals surface area contributed by atoms with Crippen molar-refractivity contribution in [1.82, 2.24) is 9.97 Å². The maximum atomic E-state index is 12.1. The van der Waals surface area contributed by atoms with E-state index in [2.05, 4.69) is 121 Å². The molecule has 0 fully saturated rings. The van der Waals surface area contributed by atoms with Crippen molar-refractivity contribution in [1.29, 1.82) is 0 Å². The van der Waals surface area contributed by atoms with E-state index in [9.17, 15) is 5.11 Å². The molecule has 1 N–H and O–H groups in total. The highest BCUT2D eigenvalue weighted by molar-refractivity contribution is 6.00. The van der Waals surface area contributed by atoms with E-state index in [1.54, 1.807) is 0 Å². The van der Waals surface area contributed by atoms with Gasteiger partial charge in [0.25, 0.3) is 0 Å². The summed E-state index contributed by atoms with van der Waals surface area (Å²) in [6, 6.07) is 47.4. The molecule has 6 heteroatoms. The van der Waals surface area contributed by atoms with Gasteiger partial charge in [-0.05, 0) is 84.3 Å². The number of hydrogen-bond donors (Lipinski definition) is 1. The number of aromatic nitrogens is 2. The molecule has 48 heavy (non-hydrogen) atoms. The fourth-order valence-electron chi connectivity index (χ4n) is 6.75. The molecule has 0 atom stereocenters. The quantitative estimate of drug-likeness (QED) is 0.198. The second kappa shape index (κ2) is 11.9. The summed E-state index contributed by atoms with van der Waals surface area (Å²) in [6.45, 7) is 4.37. The summed E-state index contributed by atoms with van der Waals surface area (Å²) in [4.78, 5) is 16.5. The van der Waals surface area contributed by atoms with Crippen LogP contribution in [0.25, 0.3) is 22.2 Å². The van der Waals surface area contributed by atoms with E-state index >= 15 is 0 Å². The van der Waals surface area contributed by atoms with Gasteiger partial charge in [0.15, 0.2) is 5.75 Å².